The smallest absolute Gasteiger partial charge is 0.314 e. The third-order valence-electron chi connectivity index (χ3n) is 1.25. The van der Waals surface area contributed by atoms with Crippen molar-refractivity contribution >= 4 is 18.5 Å². The highest BCUT2D eigenvalue weighted by Crippen LogP contribution is 1.98. The monoisotopic (exact) mass is 204 g/mol. The molecule has 0 bridgehead atoms. The van der Waals surface area contributed by atoms with Gasteiger partial charge in [0, 0.05) is 10.2 Å². The van der Waals surface area contributed by atoms with Crippen LogP contribution in [0.1, 0.15) is 5.56 Å². The summed E-state index contributed by atoms with van der Waals surface area (Å²) in [6.45, 7) is 0. The molecule has 3 nitrogen and oxygen atoms in total. The Kier molecular flexibility index (Phi) is 7.00. The summed E-state index contributed by atoms with van der Waals surface area (Å²) in [5.74, 6) is 0. The van der Waals surface area contributed by atoms with E-state index in [0.717, 1.165) is 0 Å². The zero-order valence-electron chi connectivity index (χ0n) is 6.90. The lowest BCUT2D eigenvalue weighted by Gasteiger charge is -1.89. The summed E-state index contributed by atoms with van der Waals surface area (Å²) < 4.78 is 8.74. The maximum absolute atomic E-state index is 8.74. The van der Waals surface area contributed by atoms with E-state index >= 15 is 0 Å². The zero-order chi connectivity index (χ0) is 9.40. The van der Waals surface area contributed by atoms with Crippen LogP contribution < -0.4 is 0 Å². The summed E-state index contributed by atoms with van der Waals surface area (Å²) in [6, 6.07) is 11.9. The van der Waals surface area contributed by atoms with Crippen molar-refractivity contribution in [3.05, 3.63) is 35.9 Å². The minimum Gasteiger partial charge on any atom is -0.326 e. The highest BCUT2D eigenvalue weighted by molar-refractivity contribution is 7.30. The van der Waals surface area contributed by atoms with Crippen LogP contribution in [0.4, 0.5) is 0 Å². The van der Waals surface area contributed by atoms with Gasteiger partial charge < -0.3 is 9.79 Å². The Bertz CT molecular complexity index is 223. The fourth-order valence-electron chi connectivity index (χ4n) is 0.714. The fourth-order valence-corrected chi connectivity index (χ4v) is 1.19. The first-order chi connectivity index (χ1) is 5.66. The lowest BCUT2D eigenvalue weighted by Crippen LogP contribution is -1.78. The molecule has 1 aromatic carbocycles. The van der Waals surface area contributed by atoms with Gasteiger partial charge in [-0.1, -0.05) is 35.9 Å². The second kappa shape index (κ2) is 7.25. The molecule has 0 atom stereocenters. The van der Waals surface area contributed by atoms with E-state index in [-0.39, 0.29) is 0 Å². The minimum absolute atomic E-state index is 1.28. The second-order valence-electron chi connectivity index (χ2n) is 2.12. The summed E-state index contributed by atoms with van der Waals surface area (Å²) >= 11 is 0. The average molecular weight is 204 g/mol. The topological polar surface area (TPSA) is 57.5 Å². The number of hydrogen-bond donors (Lipinski definition) is 2. The lowest BCUT2D eigenvalue weighted by atomic mass is 10.2. The summed E-state index contributed by atoms with van der Waals surface area (Å²) in [5, 5.41) is 0. The molecular formula is C7H13O3PSi. The van der Waals surface area contributed by atoms with Gasteiger partial charge in [0.15, 0.2) is 0 Å². The van der Waals surface area contributed by atoms with Crippen LogP contribution in [0.25, 0.3) is 0 Å². The van der Waals surface area contributed by atoms with Crippen molar-refractivity contribution in [2.75, 3.05) is 0 Å². The molecule has 0 unspecified atom stereocenters. The van der Waals surface area contributed by atoms with Gasteiger partial charge in [0.25, 0.3) is 0 Å². The van der Waals surface area contributed by atoms with E-state index in [2.05, 4.69) is 30.3 Å². The first-order valence-electron chi connectivity index (χ1n) is 3.62. The molecule has 1 aromatic rings. The quantitative estimate of drug-likeness (QED) is 0.496. The second-order valence-corrected chi connectivity index (χ2v) is 3.39. The predicted molar refractivity (Wildman–Crippen MR) is 53.5 cm³/mol. The van der Waals surface area contributed by atoms with Crippen molar-refractivity contribution in [1.29, 1.82) is 0 Å². The molecule has 0 aliphatic heterocycles. The van der Waals surface area contributed by atoms with E-state index in [1.54, 1.807) is 0 Å². The molecule has 5 heteroatoms. The fraction of sp³-hybridized carbons (Fsp3) is 0.143. The van der Waals surface area contributed by atoms with Gasteiger partial charge in [-0.3, -0.25) is 4.57 Å². The van der Waals surface area contributed by atoms with Crippen molar-refractivity contribution < 1.29 is 14.4 Å². The van der Waals surface area contributed by atoms with Crippen LogP contribution in [0, 0.1) is 0 Å². The van der Waals surface area contributed by atoms with Crippen molar-refractivity contribution in [1.82, 2.24) is 0 Å². The molecule has 1 rings (SSSR count). The number of benzene rings is 1. The molecule has 0 saturated carbocycles. The molecule has 0 amide bonds. The molecule has 0 fully saturated rings. The first kappa shape index (κ1) is 11.6. The number of rotatable bonds is 1. The number of hydrogen-bond acceptors (Lipinski definition) is 1. The van der Waals surface area contributed by atoms with E-state index in [1.807, 2.05) is 0 Å². The molecule has 0 saturated heterocycles. The van der Waals surface area contributed by atoms with E-state index in [1.165, 1.54) is 21.9 Å². The summed E-state index contributed by atoms with van der Waals surface area (Å²) in [4.78, 5) is 14.3. The molecule has 0 aliphatic rings. The molecule has 68 valence electrons. The van der Waals surface area contributed by atoms with Crippen molar-refractivity contribution in [2.24, 2.45) is 0 Å². The van der Waals surface area contributed by atoms with Crippen LogP contribution in [0.15, 0.2) is 30.3 Å². The van der Waals surface area contributed by atoms with Gasteiger partial charge in [0.2, 0.25) is 0 Å². The van der Waals surface area contributed by atoms with Gasteiger partial charge >= 0.3 is 8.25 Å². The molecule has 0 heterocycles. The van der Waals surface area contributed by atoms with Crippen molar-refractivity contribution in [3.8, 4) is 0 Å². The maximum atomic E-state index is 8.74. The molecule has 0 aromatic heterocycles. The Balaban J connectivity index is 0.000000261. The van der Waals surface area contributed by atoms with Crippen LogP contribution in [0.3, 0.4) is 0 Å². The largest absolute Gasteiger partial charge is 0.326 e. The first-order valence-corrected chi connectivity index (χ1v) is 6.34. The van der Waals surface area contributed by atoms with Gasteiger partial charge in [0.05, 0.1) is 0 Å². The van der Waals surface area contributed by atoms with Gasteiger partial charge in [-0.15, -0.1) is 0 Å². The molecule has 0 aliphatic carbocycles. The van der Waals surface area contributed by atoms with Crippen LogP contribution in [0.5, 0.6) is 0 Å². The third kappa shape index (κ3) is 7.69. The van der Waals surface area contributed by atoms with E-state index < -0.39 is 8.25 Å². The Morgan fingerprint density at radius 2 is 1.67 bits per heavy atom. The molecule has 2 N–H and O–H groups in total. The third-order valence-corrected chi connectivity index (χ3v) is 2.07. The summed E-state index contributed by atoms with van der Waals surface area (Å²) in [6.07, 6.45) is 0. The van der Waals surface area contributed by atoms with Gasteiger partial charge in [-0.25, -0.2) is 0 Å². The van der Waals surface area contributed by atoms with Crippen LogP contribution in [0.2, 0.25) is 0 Å². The lowest BCUT2D eigenvalue weighted by molar-refractivity contribution is 0.405. The normalized spacial score (nSPS) is 9.25. The van der Waals surface area contributed by atoms with Crippen LogP contribution >= 0.6 is 8.25 Å². The predicted octanol–water partition coefficient (Wildman–Crippen LogP) is -0.0873. The van der Waals surface area contributed by atoms with Crippen molar-refractivity contribution in [2.45, 2.75) is 6.04 Å². The Labute approximate surface area is 75.4 Å². The van der Waals surface area contributed by atoms with Gasteiger partial charge in [-0.05, 0) is 6.04 Å². The Morgan fingerprint density at radius 3 is 1.92 bits per heavy atom. The Morgan fingerprint density at radius 1 is 1.25 bits per heavy atom. The van der Waals surface area contributed by atoms with Crippen LogP contribution in [-0.4, -0.2) is 20.0 Å². The molecule has 0 spiro atoms. The standard InChI is InChI=1S/C7H10Si.H3O3P/c8-6-7-4-2-1-3-5-7;1-4(2)3/h1-5H,6H2,8H3;4H,(H2,1,2,3). The highest BCUT2D eigenvalue weighted by atomic mass is 31.1. The van der Waals surface area contributed by atoms with E-state index in [4.69, 9.17) is 14.4 Å². The SMILES string of the molecule is O=[PH](O)O.[SiH3]Cc1ccccc1. The molecule has 0 radical (unpaired) electrons. The maximum Gasteiger partial charge on any atom is 0.314 e. The Hall–Kier alpha value is -0.413. The van der Waals surface area contributed by atoms with Crippen LogP contribution in [-0.2, 0) is 10.6 Å². The van der Waals surface area contributed by atoms with E-state index in [0.29, 0.717) is 0 Å². The van der Waals surface area contributed by atoms with E-state index in [9.17, 15) is 0 Å². The minimum atomic E-state index is -3.13. The summed E-state index contributed by atoms with van der Waals surface area (Å²) in [7, 11) is -1.85. The summed E-state index contributed by atoms with van der Waals surface area (Å²) in [5.41, 5.74) is 1.47. The average Bonchev–Trinajstić information content (AvgIpc) is 2.05. The molecule has 12 heavy (non-hydrogen) atoms. The molecular weight excluding hydrogens is 191 g/mol. The van der Waals surface area contributed by atoms with Gasteiger partial charge in [0.1, 0.15) is 0 Å². The highest BCUT2D eigenvalue weighted by Gasteiger charge is 1.80. The van der Waals surface area contributed by atoms with Crippen molar-refractivity contribution in [3.63, 3.8) is 0 Å². The zero-order valence-corrected chi connectivity index (χ0v) is 9.90. The van der Waals surface area contributed by atoms with Gasteiger partial charge in [-0.2, -0.15) is 0 Å².